The molecule has 4 nitrogen and oxygen atoms in total. The molecule has 0 saturated carbocycles. The van der Waals surface area contributed by atoms with Crippen molar-refractivity contribution in [3.63, 3.8) is 0 Å². The molecule has 2 rings (SSSR count). The number of rotatable bonds is 5. The van der Waals surface area contributed by atoms with Crippen molar-refractivity contribution in [1.29, 1.82) is 0 Å². The summed E-state index contributed by atoms with van der Waals surface area (Å²) in [4.78, 5) is 28.6. The van der Waals surface area contributed by atoms with Gasteiger partial charge in [-0.2, -0.15) is 0 Å². The van der Waals surface area contributed by atoms with Crippen LogP contribution in [0.2, 0.25) is 0 Å². The van der Waals surface area contributed by atoms with Crippen LogP contribution in [0.15, 0.2) is 24.3 Å². The van der Waals surface area contributed by atoms with Gasteiger partial charge in [-0.3, -0.25) is 9.59 Å². The molecule has 22 heavy (non-hydrogen) atoms. The Balaban J connectivity index is 2.22. The molecule has 2 amide bonds. The van der Waals surface area contributed by atoms with Gasteiger partial charge in [0.2, 0.25) is 11.8 Å². The molecular weight excluding hydrogens is 276 g/mol. The van der Waals surface area contributed by atoms with E-state index in [1.165, 1.54) is 5.56 Å². The summed E-state index contributed by atoms with van der Waals surface area (Å²) in [5, 5.41) is 0. The number of nitrogens with zero attached hydrogens (tertiary/aromatic N) is 2. The van der Waals surface area contributed by atoms with E-state index < -0.39 is 0 Å². The van der Waals surface area contributed by atoms with Crippen LogP contribution in [0.3, 0.4) is 0 Å². The van der Waals surface area contributed by atoms with Crippen LogP contribution in [-0.4, -0.2) is 40.7 Å². The molecule has 1 atom stereocenters. The maximum atomic E-state index is 12.6. The standard InChI is InChI=1S/C18H26N2O2/c1-5-19-12-17(21)20(16(18(19)22)10-13(2)3)11-15-8-6-14(4)7-9-15/h6-9,13,16H,5,10-12H2,1-4H3/t16-/m0/s1. The number of hydrogen-bond acceptors (Lipinski definition) is 2. The maximum absolute atomic E-state index is 12.6. The number of carbonyl (C=O) groups is 2. The van der Waals surface area contributed by atoms with E-state index in [0.29, 0.717) is 25.4 Å². The largest absolute Gasteiger partial charge is 0.332 e. The third-order valence-electron chi connectivity index (χ3n) is 4.17. The lowest BCUT2D eigenvalue weighted by molar-refractivity contribution is -0.157. The Kier molecular flexibility index (Phi) is 5.22. The van der Waals surface area contributed by atoms with Crippen molar-refractivity contribution in [2.75, 3.05) is 13.1 Å². The molecule has 120 valence electrons. The van der Waals surface area contributed by atoms with E-state index in [9.17, 15) is 9.59 Å². The lowest BCUT2D eigenvalue weighted by atomic mass is 9.98. The molecule has 0 aromatic heterocycles. The Bertz CT molecular complexity index is 537. The van der Waals surface area contributed by atoms with Crippen LogP contribution >= 0.6 is 0 Å². The quantitative estimate of drug-likeness (QED) is 0.839. The van der Waals surface area contributed by atoms with Crippen molar-refractivity contribution < 1.29 is 9.59 Å². The highest BCUT2D eigenvalue weighted by Gasteiger charge is 2.38. The topological polar surface area (TPSA) is 40.6 Å². The monoisotopic (exact) mass is 302 g/mol. The molecule has 1 aromatic carbocycles. The average molecular weight is 302 g/mol. The number of carbonyl (C=O) groups excluding carboxylic acids is 2. The number of likely N-dealkylation sites (N-methyl/N-ethyl adjacent to an activating group) is 1. The summed E-state index contributed by atoms with van der Waals surface area (Å²) < 4.78 is 0. The van der Waals surface area contributed by atoms with E-state index in [1.807, 2.05) is 38.1 Å². The summed E-state index contributed by atoms with van der Waals surface area (Å²) in [6, 6.07) is 7.82. The van der Waals surface area contributed by atoms with Crippen LogP contribution in [0.5, 0.6) is 0 Å². The molecule has 0 radical (unpaired) electrons. The van der Waals surface area contributed by atoms with E-state index in [0.717, 1.165) is 5.56 Å². The van der Waals surface area contributed by atoms with Crippen LogP contribution in [-0.2, 0) is 16.1 Å². The number of hydrogen-bond donors (Lipinski definition) is 0. The summed E-state index contributed by atoms with van der Waals surface area (Å²) in [6.07, 6.45) is 0.715. The summed E-state index contributed by atoms with van der Waals surface area (Å²) in [5.74, 6) is 0.509. The highest BCUT2D eigenvalue weighted by Crippen LogP contribution is 2.22. The zero-order chi connectivity index (χ0) is 16.3. The molecule has 4 heteroatoms. The van der Waals surface area contributed by atoms with Crippen molar-refractivity contribution in [3.8, 4) is 0 Å². The van der Waals surface area contributed by atoms with Gasteiger partial charge in [0, 0.05) is 13.1 Å². The summed E-state index contributed by atoms with van der Waals surface area (Å²) in [7, 11) is 0. The van der Waals surface area contributed by atoms with E-state index in [4.69, 9.17) is 0 Å². The van der Waals surface area contributed by atoms with Crippen LogP contribution in [0, 0.1) is 12.8 Å². The van der Waals surface area contributed by atoms with Crippen molar-refractivity contribution >= 4 is 11.8 Å². The van der Waals surface area contributed by atoms with Crippen molar-refractivity contribution in [2.45, 2.75) is 46.7 Å². The normalized spacial score (nSPS) is 19.2. The third kappa shape index (κ3) is 3.67. The van der Waals surface area contributed by atoms with Crippen LogP contribution in [0.4, 0.5) is 0 Å². The lowest BCUT2D eigenvalue weighted by Crippen LogP contribution is -2.59. The van der Waals surface area contributed by atoms with Gasteiger partial charge in [0.25, 0.3) is 0 Å². The Morgan fingerprint density at radius 1 is 1.18 bits per heavy atom. The smallest absolute Gasteiger partial charge is 0.245 e. The lowest BCUT2D eigenvalue weighted by Gasteiger charge is -2.40. The summed E-state index contributed by atoms with van der Waals surface area (Å²) in [6.45, 7) is 9.46. The Labute approximate surface area is 133 Å². The Morgan fingerprint density at radius 3 is 2.36 bits per heavy atom. The van der Waals surface area contributed by atoms with E-state index in [2.05, 4.69) is 13.8 Å². The average Bonchev–Trinajstić information content (AvgIpc) is 2.48. The van der Waals surface area contributed by atoms with Gasteiger partial charge in [-0.25, -0.2) is 0 Å². The number of piperazine rings is 1. The van der Waals surface area contributed by atoms with Crippen LogP contribution < -0.4 is 0 Å². The fourth-order valence-corrected chi connectivity index (χ4v) is 2.88. The van der Waals surface area contributed by atoms with Gasteiger partial charge in [-0.15, -0.1) is 0 Å². The highest BCUT2D eigenvalue weighted by molar-refractivity contribution is 5.94. The van der Waals surface area contributed by atoms with Gasteiger partial charge in [-0.05, 0) is 31.7 Å². The van der Waals surface area contributed by atoms with Crippen molar-refractivity contribution in [2.24, 2.45) is 5.92 Å². The first-order valence-electron chi connectivity index (χ1n) is 8.06. The molecule has 0 aliphatic carbocycles. The third-order valence-corrected chi connectivity index (χ3v) is 4.17. The second-order valence-corrected chi connectivity index (χ2v) is 6.50. The summed E-state index contributed by atoms with van der Waals surface area (Å²) in [5.41, 5.74) is 2.27. The Morgan fingerprint density at radius 2 is 1.82 bits per heavy atom. The molecule has 1 aromatic rings. The van der Waals surface area contributed by atoms with Gasteiger partial charge in [0.15, 0.2) is 0 Å². The molecular formula is C18H26N2O2. The number of benzene rings is 1. The first-order valence-corrected chi connectivity index (χ1v) is 8.06. The molecule has 1 aliphatic heterocycles. The van der Waals surface area contributed by atoms with Gasteiger partial charge in [0.1, 0.15) is 6.04 Å². The summed E-state index contributed by atoms with van der Waals surface area (Å²) >= 11 is 0. The first kappa shape index (κ1) is 16.5. The SMILES string of the molecule is CCN1CC(=O)N(Cc2ccc(C)cc2)[C@@H](CC(C)C)C1=O. The minimum Gasteiger partial charge on any atom is -0.332 e. The maximum Gasteiger partial charge on any atom is 0.245 e. The second kappa shape index (κ2) is 6.95. The fourth-order valence-electron chi connectivity index (χ4n) is 2.88. The Hall–Kier alpha value is -1.84. The van der Waals surface area contributed by atoms with Crippen molar-refractivity contribution in [3.05, 3.63) is 35.4 Å². The van der Waals surface area contributed by atoms with Gasteiger partial charge in [-0.1, -0.05) is 43.7 Å². The number of amides is 2. The zero-order valence-corrected chi connectivity index (χ0v) is 14.0. The van der Waals surface area contributed by atoms with E-state index in [-0.39, 0.29) is 24.4 Å². The molecule has 0 N–H and O–H groups in total. The first-order chi connectivity index (χ1) is 10.4. The van der Waals surface area contributed by atoms with Gasteiger partial charge >= 0.3 is 0 Å². The van der Waals surface area contributed by atoms with E-state index >= 15 is 0 Å². The highest BCUT2D eigenvalue weighted by atomic mass is 16.2. The predicted octanol–water partition coefficient (Wildman–Crippen LogP) is 2.60. The van der Waals surface area contributed by atoms with Gasteiger partial charge in [0.05, 0.1) is 6.54 Å². The molecule has 1 heterocycles. The number of aryl methyl sites for hydroxylation is 1. The minimum absolute atomic E-state index is 0.0488. The second-order valence-electron chi connectivity index (χ2n) is 6.50. The molecule has 0 bridgehead atoms. The zero-order valence-electron chi connectivity index (χ0n) is 14.0. The molecule has 1 aliphatic rings. The van der Waals surface area contributed by atoms with Crippen LogP contribution in [0.1, 0.15) is 38.3 Å². The molecule has 1 fully saturated rings. The van der Waals surface area contributed by atoms with E-state index in [1.54, 1.807) is 9.80 Å². The minimum atomic E-state index is -0.331. The molecule has 0 unspecified atom stereocenters. The fraction of sp³-hybridized carbons (Fsp3) is 0.556. The molecule has 0 spiro atoms. The van der Waals surface area contributed by atoms with Crippen LogP contribution in [0.25, 0.3) is 0 Å². The van der Waals surface area contributed by atoms with Gasteiger partial charge < -0.3 is 9.80 Å². The molecule has 1 saturated heterocycles. The predicted molar refractivity (Wildman–Crippen MR) is 87.2 cm³/mol. The van der Waals surface area contributed by atoms with Crippen molar-refractivity contribution in [1.82, 2.24) is 9.80 Å².